The second-order valence-corrected chi connectivity index (χ2v) is 5.18. The number of hydrogen-bond donors (Lipinski definition) is 1. The number of aliphatic carboxylic acids is 1. The highest BCUT2D eigenvalue weighted by Crippen LogP contribution is 2.18. The van der Waals surface area contributed by atoms with Crippen LogP contribution in [-0.2, 0) is 9.59 Å². The van der Waals surface area contributed by atoms with E-state index in [4.69, 9.17) is 21.4 Å². The molecule has 0 saturated heterocycles. The van der Waals surface area contributed by atoms with E-state index in [0.717, 1.165) is 0 Å². The number of nitrogens with zero attached hydrogens (tertiary/aromatic N) is 1. The summed E-state index contributed by atoms with van der Waals surface area (Å²) in [5.74, 6) is -0.981. The number of carbonyl (C=O) groups excluding carboxylic acids is 1. The smallest absolute Gasteiger partial charge is 0.329 e. The zero-order chi connectivity index (χ0) is 15.3. The summed E-state index contributed by atoms with van der Waals surface area (Å²) in [5.41, 5.74) is -1.27. The largest absolute Gasteiger partial charge is 0.484 e. The molecule has 0 radical (unpaired) electrons. The van der Waals surface area contributed by atoms with Gasteiger partial charge in [0.15, 0.2) is 6.61 Å². The van der Waals surface area contributed by atoms with Crippen LogP contribution in [0.25, 0.3) is 0 Å². The third-order valence-electron chi connectivity index (χ3n) is 2.97. The number of hydrogen-bond acceptors (Lipinski definition) is 3. The number of halogens is 1. The van der Waals surface area contributed by atoms with E-state index in [1.54, 1.807) is 31.2 Å². The highest BCUT2D eigenvalue weighted by atomic mass is 35.5. The van der Waals surface area contributed by atoms with Crippen LogP contribution in [0.1, 0.15) is 20.8 Å². The van der Waals surface area contributed by atoms with Crippen LogP contribution in [0.5, 0.6) is 5.75 Å². The zero-order valence-electron chi connectivity index (χ0n) is 11.7. The number of carboxylic acid groups (broad SMARTS) is 1. The Kier molecular flexibility index (Phi) is 5.39. The maximum Gasteiger partial charge on any atom is 0.329 e. The topological polar surface area (TPSA) is 66.8 Å². The monoisotopic (exact) mass is 299 g/mol. The molecule has 0 saturated carbocycles. The molecular weight excluding hydrogens is 282 g/mol. The fourth-order valence-corrected chi connectivity index (χ4v) is 1.96. The Bertz CT molecular complexity index is 502. The van der Waals surface area contributed by atoms with Crippen molar-refractivity contribution in [2.75, 3.05) is 13.2 Å². The van der Waals surface area contributed by atoms with Crippen molar-refractivity contribution >= 4 is 23.5 Å². The molecule has 1 aromatic rings. The molecule has 0 atom stereocenters. The normalized spacial score (nSPS) is 11.0. The number of amides is 1. The van der Waals surface area contributed by atoms with Gasteiger partial charge in [0.05, 0.1) is 0 Å². The van der Waals surface area contributed by atoms with Gasteiger partial charge in [0.1, 0.15) is 11.3 Å². The fraction of sp³-hybridized carbons (Fsp3) is 0.429. The predicted molar refractivity (Wildman–Crippen MR) is 76.0 cm³/mol. The van der Waals surface area contributed by atoms with Crippen molar-refractivity contribution in [3.8, 4) is 5.75 Å². The molecule has 1 N–H and O–H groups in total. The lowest BCUT2D eigenvalue weighted by Crippen LogP contribution is -2.54. The number of rotatable bonds is 6. The molecule has 0 aromatic heterocycles. The molecule has 6 heteroatoms. The van der Waals surface area contributed by atoms with Crippen LogP contribution < -0.4 is 4.74 Å². The molecule has 110 valence electrons. The molecule has 0 spiro atoms. The van der Waals surface area contributed by atoms with Crippen LogP contribution in [0.3, 0.4) is 0 Å². The summed E-state index contributed by atoms with van der Waals surface area (Å²) in [6.45, 7) is 4.75. The first-order valence-electron chi connectivity index (χ1n) is 6.21. The standard InChI is InChI=1S/C14H18ClNO4/c1-4-16(14(2,3)13(18)19)12(17)9-20-11-7-5-6-10(15)8-11/h5-8H,4,9H2,1-3H3,(H,18,19). The second kappa shape index (κ2) is 6.61. The van der Waals surface area contributed by atoms with Crippen molar-refractivity contribution < 1.29 is 19.4 Å². The fourth-order valence-electron chi connectivity index (χ4n) is 1.78. The summed E-state index contributed by atoms with van der Waals surface area (Å²) < 4.78 is 5.34. The number of benzene rings is 1. The molecule has 0 heterocycles. The average molecular weight is 300 g/mol. The van der Waals surface area contributed by atoms with Crippen LogP contribution in [0.2, 0.25) is 5.02 Å². The number of ether oxygens (including phenoxy) is 1. The zero-order valence-corrected chi connectivity index (χ0v) is 12.5. The molecule has 0 fully saturated rings. The summed E-state index contributed by atoms with van der Waals surface area (Å²) in [4.78, 5) is 24.5. The molecule has 0 aliphatic rings. The Morgan fingerprint density at radius 1 is 1.40 bits per heavy atom. The lowest BCUT2D eigenvalue weighted by molar-refractivity contribution is -0.157. The van der Waals surface area contributed by atoms with Crippen molar-refractivity contribution in [3.63, 3.8) is 0 Å². The Labute approximate surface area is 123 Å². The van der Waals surface area contributed by atoms with Gasteiger partial charge in [-0.05, 0) is 39.0 Å². The Morgan fingerprint density at radius 2 is 2.05 bits per heavy atom. The molecule has 0 bridgehead atoms. The van der Waals surface area contributed by atoms with Gasteiger partial charge in [-0.25, -0.2) is 4.79 Å². The Hall–Kier alpha value is -1.75. The molecule has 0 aliphatic carbocycles. The van der Waals surface area contributed by atoms with E-state index in [1.165, 1.54) is 18.7 Å². The number of carbonyl (C=O) groups is 2. The third-order valence-corrected chi connectivity index (χ3v) is 3.21. The van der Waals surface area contributed by atoms with E-state index in [9.17, 15) is 9.59 Å². The van der Waals surface area contributed by atoms with Crippen molar-refractivity contribution in [2.24, 2.45) is 0 Å². The highest BCUT2D eigenvalue weighted by Gasteiger charge is 2.36. The minimum atomic E-state index is -1.27. The lowest BCUT2D eigenvalue weighted by Gasteiger charge is -2.34. The summed E-state index contributed by atoms with van der Waals surface area (Å²) in [6.07, 6.45) is 0. The third kappa shape index (κ3) is 3.87. The first-order valence-corrected chi connectivity index (χ1v) is 6.59. The van der Waals surface area contributed by atoms with E-state index in [1.807, 2.05) is 0 Å². The summed E-state index contributed by atoms with van der Waals surface area (Å²) in [5, 5.41) is 9.67. The molecule has 0 aliphatic heterocycles. The van der Waals surface area contributed by atoms with Crippen LogP contribution >= 0.6 is 11.6 Å². The highest BCUT2D eigenvalue weighted by molar-refractivity contribution is 6.30. The van der Waals surface area contributed by atoms with E-state index < -0.39 is 11.5 Å². The van der Waals surface area contributed by atoms with Crippen LogP contribution in [0.4, 0.5) is 0 Å². The molecule has 1 amide bonds. The second-order valence-electron chi connectivity index (χ2n) is 4.75. The lowest BCUT2D eigenvalue weighted by atomic mass is 10.0. The van der Waals surface area contributed by atoms with Gasteiger partial charge < -0.3 is 14.7 Å². The first-order chi connectivity index (χ1) is 9.28. The van der Waals surface area contributed by atoms with E-state index in [0.29, 0.717) is 10.8 Å². The maximum absolute atomic E-state index is 12.1. The Morgan fingerprint density at radius 3 is 2.55 bits per heavy atom. The van der Waals surface area contributed by atoms with E-state index in [-0.39, 0.29) is 19.1 Å². The first kappa shape index (κ1) is 16.3. The summed E-state index contributed by atoms with van der Waals surface area (Å²) >= 11 is 5.81. The van der Waals surface area contributed by atoms with Gasteiger partial charge in [0.2, 0.25) is 0 Å². The minimum absolute atomic E-state index is 0.231. The molecule has 5 nitrogen and oxygen atoms in total. The van der Waals surface area contributed by atoms with Crippen molar-refractivity contribution in [3.05, 3.63) is 29.3 Å². The average Bonchev–Trinajstić information content (AvgIpc) is 2.36. The number of likely N-dealkylation sites (N-methyl/N-ethyl adjacent to an activating group) is 1. The quantitative estimate of drug-likeness (QED) is 0.876. The molecular formula is C14H18ClNO4. The minimum Gasteiger partial charge on any atom is -0.484 e. The molecule has 1 aromatic carbocycles. The SMILES string of the molecule is CCN(C(=O)COc1cccc(Cl)c1)C(C)(C)C(=O)O. The summed E-state index contributed by atoms with van der Waals surface area (Å²) in [6, 6.07) is 6.67. The summed E-state index contributed by atoms with van der Waals surface area (Å²) in [7, 11) is 0. The van der Waals surface area contributed by atoms with Gasteiger partial charge >= 0.3 is 5.97 Å². The predicted octanol–water partition coefficient (Wildman–Crippen LogP) is 2.43. The van der Waals surface area contributed by atoms with Gasteiger partial charge in [0.25, 0.3) is 5.91 Å². The van der Waals surface area contributed by atoms with Gasteiger partial charge in [-0.15, -0.1) is 0 Å². The molecule has 1 rings (SSSR count). The van der Waals surface area contributed by atoms with Gasteiger partial charge in [0, 0.05) is 11.6 Å². The van der Waals surface area contributed by atoms with Crippen LogP contribution in [-0.4, -0.2) is 40.6 Å². The van der Waals surface area contributed by atoms with Crippen molar-refractivity contribution in [1.82, 2.24) is 4.90 Å². The van der Waals surface area contributed by atoms with E-state index >= 15 is 0 Å². The van der Waals surface area contributed by atoms with Crippen LogP contribution in [0.15, 0.2) is 24.3 Å². The maximum atomic E-state index is 12.1. The van der Waals surface area contributed by atoms with Gasteiger partial charge in [-0.2, -0.15) is 0 Å². The van der Waals surface area contributed by atoms with Crippen molar-refractivity contribution in [1.29, 1.82) is 0 Å². The van der Waals surface area contributed by atoms with E-state index in [2.05, 4.69) is 0 Å². The Balaban J connectivity index is 2.72. The number of carboxylic acids is 1. The van der Waals surface area contributed by atoms with Gasteiger partial charge in [-0.1, -0.05) is 17.7 Å². The van der Waals surface area contributed by atoms with Crippen molar-refractivity contribution in [2.45, 2.75) is 26.3 Å². The van der Waals surface area contributed by atoms with Crippen LogP contribution in [0, 0.1) is 0 Å². The molecule has 20 heavy (non-hydrogen) atoms. The van der Waals surface area contributed by atoms with Gasteiger partial charge in [-0.3, -0.25) is 4.79 Å². The molecule has 0 unspecified atom stereocenters.